The first kappa shape index (κ1) is 28.5. The summed E-state index contributed by atoms with van der Waals surface area (Å²) >= 11 is 0. The van der Waals surface area contributed by atoms with Crippen molar-refractivity contribution in [1.82, 2.24) is 0 Å². The SMILES string of the molecule is CCCCCCCCCC(CCCCCCCC)OC(=O)CCCCCCCC. The molecule has 0 spiro atoms. The fourth-order valence-electron chi connectivity index (χ4n) is 4.04. The molecule has 0 aromatic heterocycles. The molecule has 0 aliphatic rings. The summed E-state index contributed by atoms with van der Waals surface area (Å²) in [6.07, 6.45) is 27.5. The van der Waals surface area contributed by atoms with Crippen molar-refractivity contribution in [3.8, 4) is 0 Å². The lowest BCUT2D eigenvalue weighted by atomic mass is 10.0. The van der Waals surface area contributed by atoms with Gasteiger partial charge in [0.1, 0.15) is 6.10 Å². The van der Waals surface area contributed by atoms with Gasteiger partial charge < -0.3 is 4.74 Å². The van der Waals surface area contributed by atoms with E-state index in [1.165, 1.54) is 116 Å². The Labute approximate surface area is 184 Å². The van der Waals surface area contributed by atoms with Crippen LogP contribution in [-0.4, -0.2) is 12.1 Å². The Balaban J connectivity index is 4.00. The number of ether oxygens (including phenoxy) is 1. The van der Waals surface area contributed by atoms with Gasteiger partial charge in [-0.3, -0.25) is 4.79 Å². The monoisotopic (exact) mass is 410 g/mol. The van der Waals surface area contributed by atoms with E-state index in [9.17, 15) is 4.79 Å². The normalized spacial score (nSPS) is 12.2. The van der Waals surface area contributed by atoms with Crippen LogP contribution < -0.4 is 0 Å². The smallest absolute Gasteiger partial charge is 0.306 e. The fraction of sp³-hybridized carbons (Fsp3) is 0.963. The Bertz CT molecular complexity index is 326. The van der Waals surface area contributed by atoms with E-state index in [-0.39, 0.29) is 12.1 Å². The van der Waals surface area contributed by atoms with E-state index in [4.69, 9.17) is 4.74 Å². The van der Waals surface area contributed by atoms with E-state index >= 15 is 0 Å². The summed E-state index contributed by atoms with van der Waals surface area (Å²) in [5.74, 6) is 0.0550. The summed E-state index contributed by atoms with van der Waals surface area (Å²) in [5.41, 5.74) is 0. The van der Waals surface area contributed by atoms with Gasteiger partial charge in [-0.25, -0.2) is 0 Å². The number of rotatable bonds is 23. The van der Waals surface area contributed by atoms with Gasteiger partial charge in [0.15, 0.2) is 0 Å². The molecule has 0 N–H and O–H groups in total. The Hall–Kier alpha value is -0.530. The summed E-state index contributed by atoms with van der Waals surface area (Å²) < 4.78 is 5.91. The molecule has 0 aliphatic carbocycles. The molecule has 174 valence electrons. The van der Waals surface area contributed by atoms with Gasteiger partial charge in [-0.1, -0.05) is 124 Å². The minimum Gasteiger partial charge on any atom is -0.462 e. The minimum atomic E-state index is 0.0550. The second-order valence-electron chi connectivity index (χ2n) is 9.10. The molecular formula is C27H54O2. The molecule has 0 aromatic rings. The predicted octanol–water partition coefficient (Wildman–Crippen LogP) is 9.54. The van der Waals surface area contributed by atoms with Crippen LogP contribution >= 0.6 is 0 Å². The zero-order chi connectivity index (χ0) is 21.4. The van der Waals surface area contributed by atoms with E-state index in [1.54, 1.807) is 0 Å². The molecule has 0 aliphatic heterocycles. The number of esters is 1. The molecule has 29 heavy (non-hydrogen) atoms. The Morgan fingerprint density at radius 2 is 0.862 bits per heavy atom. The summed E-state index contributed by atoms with van der Waals surface area (Å²) in [5, 5.41) is 0. The van der Waals surface area contributed by atoms with Crippen molar-refractivity contribution in [3.05, 3.63) is 0 Å². The lowest BCUT2D eigenvalue weighted by molar-refractivity contribution is -0.150. The Morgan fingerprint density at radius 1 is 0.517 bits per heavy atom. The molecule has 0 rings (SSSR count). The lowest BCUT2D eigenvalue weighted by Crippen LogP contribution is -2.18. The van der Waals surface area contributed by atoms with Crippen LogP contribution in [0.4, 0.5) is 0 Å². The summed E-state index contributed by atoms with van der Waals surface area (Å²) in [4.78, 5) is 12.3. The standard InChI is InChI=1S/C27H54O2/c1-4-7-10-13-16-18-21-24-26(23-20-17-14-11-8-5-2)29-27(28)25-22-19-15-12-9-6-3/h26H,4-25H2,1-3H3. The van der Waals surface area contributed by atoms with E-state index in [0.717, 1.165) is 19.3 Å². The number of unbranched alkanes of at least 4 members (excludes halogenated alkanes) is 16. The lowest BCUT2D eigenvalue weighted by Gasteiger charge is -2.18. The van der Waals surface area contributed by atoms with Crippen molar-refractivity contribution in [3.63, 3.8) is 0 Å². The van der Waals surface area contributed by atoms with Crippen molar-refractivity contribution < 1.29 is 9.53 Å². The average molecular weight is 411 g/mol. The second kappa shape index (κ2) is 23.7. The molecule has 0 fully saturated rings. The number of hydrogen-bond acceptors (Lipinski definition) is 2. The highest BCUT2D eigenvalue weighted by Gasteiger charge is 2.14. The quantitative estimate of drug-likeness (QED) is 0.124. The van der Waals surface area contributed by atoms with Gasteiger partial charge in [0.2, 0.25) is 0 Å². The Kier molecular flexibility index (Phi) is 23.3. The first-order valence-corrected chi connectivity index (χ1v) is 13.4. The van der Waals surface area contributed by atoms with Gasteiger partial charge in [0, 0.05) is 6.42 Å². The molecule has 1 unspecified atom stereocenters. The van der Waals surface area contributed by atoms with Crippen molar-refractivity contribution in [2.45, 2.75) is 168 Å². The third kappa shape index (κ3) is 22.0. The predicted molar refractivity (Wildman–Crippen MR) is 128 cm³/mol. The van der Waals surface area contributed by atoms with Gasteiger partial charge in [-0.15, -0.1) is 0 Å². The highest BCUT2D eigenvalue weighted by molar-refractivity contribution is 5.69. The van der Waals surface area contributed by atoms with Gasteiger partial charge in [0.05, 0.1) is 0 Å². The first-order valence-electron chi connectivity index (χ1n) is 13.4. The zero-order valence-electron chi connectivity index (χ0n) is 20.5. The maximum absolute atomic E-state index is 12.3. The molecule has 2 nitrogen and oxygen atoms in total. The zero-order valence-corrected chi connectivity index (χ0v) is 20.5. The van der Waals surface area contributed by atoms with Crippen molar-refractivity contribution in [1.29, 1.82) is 0 Å². The third-order valence-electron chi connectivity index (χ3n) is 6.04. The molecule has 0 radical (unpaired) electrons. The highest BCUT2D eigenvalue weighted by atomic mass is 16.5. The highest BCUT2D eigenvalue weighted by Crippen LogP contribution is 2.18. The van der Waals surface area contributed by atoms with Crippen LogP contribution in [0.15, 0.2) is 0 Å². The number of carbonyl (C=O) groups is 1. The van der Waals surface area contributed by atoms with Crippen LogP contribution in [0.2, 0.25) is 0 Å². The Morgan fingerprint density at radius 3 is 1.28 bits per heavy atom. The molecule has 1 atom stereocenters. The fourth-order valence-corrected chi connectivity index (χ4v) is 4.04. The van der Waals surface area contributed by atoms with E-state index in [1.807, 2.05) is 0 Å². The molecule has 2 heteroatoms. The van der Waals surface area contributed by atoms with Gasteiger partial charge in [0.25, 0.3) is 0 Å². The molecule has 0 saturated heterocycles. The largest absolute Gasteiger partial charge is 0.462 e. The van der Waals surface area contributed by atoms with E-state index < -0.39 is 0 Å². The van der Waals surface area contributed by atoms with Crippen molar-refractivity contribution in [2.75, 3.05) is 0 Å². The maximum atomic E-state index is 12.3. The molecule has 0 saturated carbocycles. The number of hydrogen-bond donors (Lipinski definition) is 0. The van der Waals surface area contributed by atoms with E-state index in [2.05, 4.69) is 20.8 Å². The molecule has 0 aromatic carbocycles. The molecule has 0 amide bonds. The minimum absolute atomic E-state index is 0.0550. The summed E-state index contributed by atoms with van der Waals surface area (Å²) in [7, 11) is 0. The van der Waals surface area contributed by atoms with Gasteiger partial charge in [-0.05, 0) is 32.1 Å². The van der Waals surface area contributed by atoms with Gasteiger partial charge in [-0.2, -0.15) is 0 Å². The van der Waals surface area contributed by atoms with Crippen molar-refractivity contribution in [2.24, 2.45) is 0 Å². The molecule has 0 bridgehead atoms. The van der Waals surface area contributed by atoms with Crippen LogP contribution in [0.25, 0.3) is 0 Å². The number of carbonyl (C=O) groups excluding carboxylic acids is 1. The maximum Gasteiger partial charge on any atom is 0.306 e. The third-order valence-corrected chi connectivity index (χ3v) is 6.04. The van der Waals surface area contributed by atoms with Crippen LogP contribution in [0.1, 0.15) is 162 Å². The van der Waals surface area contributed by atoms with Crippen LogP contribution in [0.3, 0.4) is 0 Å². The van der Waals surface area contributed by atoms with Crippen LogP contribution in [0, 0.1) is 0 Å². The molecule has 0 heterocycles. The van der Waals surface area contributed by atoms with Crippen molar-refractivity contribution >= 4 is 5.97 Å². The van der Waals surface area contributed by atoms with E-state index in [0.29, 0.717) is 6.42 Å². The average Bonchev–Trinajstić information content (AvgIpc) is 2.72. The first-order chi connectivity index (χ1) is 14.2. The summed E-state index contributed by atoms with van der Waals surface area (Å²) in [6, 6.07) is 0. The second-order valence-corrected chi connectivity index (χ2v) is 9.10. The van der Waals surface area contributed by atoms with Gasteiger partial charge >= 0.3 is 5.97 Å². The topological polar surface area (TPSA) is 26.3 Å². The van der Waals surface area contributed by atoms with Crippen LogP contribution in [0.5, 0.6) is 0 Å². The molecular weight excluding hydrogens is 356 g/mol. The van der Waals surface area contributed by atoms with Crippen LogP contribution in [-0.2, 0) is 9.53 Å². The summed E-state index contributed by atoms with van der Waals surface area (Å²) in [6.45, 7) is 6.78.